The van der Waals surface area contributed by atoms with Crippen LogP contribution in [0, 0.1) is 0 Å². The molecule has 1 aliphatic rings. The summed E-state index contributed by atoms with van der Waals surface area (Å²) in [7, 11) is 1.87. The number of nitrogen functional groups attached to an aromatic ring is 1. The highest BCUT2D eigenvalue weighted by Gasteiger charge is 2.28. The topological polar surface area (TPSA) is 62.5 Å². The summed E-state index contributed by atoms with van der Waals surface area (Å²) in [6.45, 7) is 5.88. The molecule has 1 aromatic rings. The van der Waals surface area contributed by atoms with Gasteiger partial charge in [-0.05, 0) is 26.0 Å². The van der Waals surface area contributed by atoms with E-state index < -0.39 is 0 Å². The van der Waals surface area contributed by atoms with Crippen molar-refractivity contribution in [3.63, 3.8) is 0 Å². The average molecular weight is 314 g/mol. The molecule has 20 heavy (non-hydrogen) atoms. The number of nitrogens with two attached hydrogens (primary N) is 1. The number of aromatic nitrogens is 1. The highest BCUT2D eigenvalue weighted by molar-refractivity contribution is 7.99. The predicted octanol–water partition coefficient (Wildman–Crippen LogP) is 2.15. The van der Waals surface area contributed by atoms with Crippen LogP contribution in [0.4, 0.5) is 10.9 Å². The molecule has 0 saturated carbocycles. The lowest BCUT2D eigenvalue weighted by Gasteiger charge is -2.23. The van der Waals surface area contributed by atoms with E-state index in [1.807, 2.05) is 23.7 Å². The molecule has 1 aromatic heterocycles. The molecule has 0 bridgehead atoms. The van der Waals surface area contributed by atoms with E-state index in [1.54, 1.807) is 0 Å². The molecular formula is C13H22N4OS2. The molecule has 0 aromatic carbocycles. The summed E-state index contributed by atoms with van der Waals surface area (Å²) in [5.41, 5.74) is 5.95. The molecule has 1 unspecified atom stereocenters. The van der Waals surface area contributed by atoms with Crippen LogP contribution in [-0.2, 0) is 0 Å². The van der Waals surface area contributed by atoms with E-state index in [4.69, 9.17) is 5.73 Å². The molecule has 2 N–H and O–H groups in total. The summed E-state index contributed by atoms with van der Waals surface area (Å²) in [6.07, 6.45) is 1.06. The first kappa shape index (κ1) is 15.4. The maximum absolute atomic E-state index is 12.6. The van der Waals surface area contributed by atoms with E-state index in [2.05, 4.69) is 23.7 Å². The van der Waals surface area contributed by atoms with Crippen molar-refractivity contribution in [2.45, 2.75) is 26.3 Å². The van der Waals surface area contributed by atoms with Crippen molar-refractivity contribution in [2.75, 3.05) is 42.3 Å². The molecule has 0 spiro atoms. The first-order valence-electron chi connectivity index (χ1n) is 6.94. The second-order valence-electron chi connectivity index (χ2n) is 4.82. The van der Waals surface area contributed by atoms with Crippen LogP contribution in [0.25, 0.3) is 0 Å². The number of hydrogen-bond donors (Lipinski definition) is 1. The lowest BCUT2D eigenvalue weighted by atomic mass is 10.2. The number of carbonyl (C=O) groups is 1. The molecule has 1 fully saturated rings. The van der Waals surface area contributed by atoms with E-state index in [0.29, 0.717) is 16.7 Å². The molecule has 1 aliphatic heterocycles. The fourth-order valence-electron chi connectivity index (χ4n) is 2.26. The Morgan fingerprint density at radius 1 is 1.45 bits per heavy atom. The van der Waals surface area contributed by atoms with Crippen LogP contribution in [0.3, 0.4) is 0 Å². The van der Waals surface area contributed by atoms with Crippen LogP contribution in [0.15, 0.2) is 0 Å². The molecule has 2 heterocycles. The quantitative estimate of drug-likeness (QED) is 0.902. The minimum Gasteiger partial charge on any atom is -0.382 e. The Hall–Kier alpha value is -0.950. The van der Waals surface area contributed by atoms with Gasteiger partial charge >= 0.3 is 0 Å². The van der Waals surface area contributed by atoms with Gasteiger partial charge in [0.15, 0.2) is 5.13 Å². The molecule has 1 atom stereocenters. The zero-order chi connectivity index (χ0) is 14.7. The highest BCUT2D eigenvalue weighted by atomic mass is 32.2. The summed E-state index contributed by atoms with van der Waals surface area (Å²) in [4.78, 5) is 21.4. The number of thioether (sulfide) groups is 1. The third kappa shape index (κ3) is 3.03. The van der Waals surface area contributed by atoms with E-state index in [9.17, 15) is 4.79 Å². The Morgan fingerprint density at radius 2 is 2.15 bits per heavy atom. The van der Waals surface area contributed by atoms with Gasteiger partial charge in [0, 0.05) is 31.9 Å². The van der Waals surface area contributed by atoms with Crippen molar-refractivity contribution in [1.29, 1.82) is 0 Å². The number of thiazole rings is 1. The zero-order valence-electron chi connectivity index (χ0n) is 12.3. The zero-order valence-corrected chi connectivity index (χ0v) is 13.9. The Labute approximate surface area is 128 Å². The van der Waals surface area contributed by atoms with Gasteiger partial charge in [-0.2, -0.15) is 11.8 Å². The first-order valence-corrected chi connectivity index (χ1v) is 8.91. The normalized spacial score (nSPS) is 18.2. The van der Waals surface area contributed by atoms with Crippen LogP contribution in [0.1, 0.15) is 29.9 Å². The van der Waals surface area contributed by atoms with Gasteiger partial charge in [0.1, 0.15) is 10.7 Å². The van der Waals surface area contributed by atoms with Crippen LogP contribution in [0.5, 0.6) is 0 Å². The second-order valence-corrected chi connectivity index (χ2v) is 6.94. The van der Waals surface area contributed by atoms with Crippen molar-refractivity contribution in [3.8, 4) is 0 Å². The number of hydrogen-bond acceptors (Lipinski definition) is 6. The van der Waals surface area contributed by atoms with Crippen molar-refractivity contribution in [3.05, 3.63) is 4.88 Å². The maximum Gasteiger partial charge on any atom is 0.267 e. The lowest BCUT2D eigenvalue weighted by Crippen LogP contribution is -2.36. The van der Waals surface area contributed by atoms with Crippen molar-refractivity contribution in [2.24, 2.45) is 0 Å². The Bertz CT molecular complexity index is 467. The van der Waals surface area contributed by atoms with Crippen LogP contribution in [-0.4, -0.2) is 53.5 Å². The van der Waals surface area contributed by atoms with Gasteiger partial charge in [0.25, 0.3) is 5.91 Å². The molecule has 0 aliphatic carbocycles. The molecule has 1 saturated heterocycles. The Kier molecular flexibility index (Phi) is 5.15. The number of carbonyl (C=O) groups excluding carboxylic acids is 1. The van der Waals surface area contributed by atoms with Crippen LogP contribution < -0.4 is 10.6 Å². The van der Waals surface area contributed by atoms with Crippen LogP contribution >= 0.6 is 23.1 Å². The fraction of sp³-hybridized carbons (Fsp3) is 0.692. The fourth-order valence-corrected chi connectivity index (χ4v) is 4.62. The van der Waals surface area contributed by atoms with Gasteiger partial charge in [-0.1, -0.05) is 11.3 Å². The smallest absolute Gasteiger partial charge is 0.267 e. The SMILES string of the molecule is CCN(CC)c1nc(N)c(C(=O)N(C)C2CCSC2)s1. The summed E-state index contributed by atoms with van der Waals surface area (Å²) in [5, 5.41) is 0.838. The predicted molar refractivity (Wildman–Crippen MR) is 87.9 cm³/mol. The maximum atomic E-state index is 12.6. The summed E-state index contributed by atoms with van der Waals surface area (Å²) in [6, 6.07) is 0.325. The third-order valence-electron chi connectivity index (χ3n) is 3.64. The first-order chi connectivity index (χ1) is 9.58. The van der Waals surface area contributed by atoms with Crippen molar-refractivity contribution in [1.82, 2.24) is 9.88 Å². The van der Waals surface area contributed by atoms with E-state index in [-0.39, 0.29) is 5.91 Å². The third-order valence-corrected chi connectivity index (χ3v) is 5.91. The summed E-state index contributed by atoms with van der Waals surface area (Å²) >= 11 is 3.30. The summed E-state index contributed by atoms with van der Waals surface area (Å²) in [5.74, 6) is 2.51. The largest absolute Gasteiger partial charge is 0.382 e. The van der Waals surface area contributed by atoms with Crippen LogP contribution in [0.2, 0.25) is 0 Å². The number of amides is 1. The average Bonchev–Trinajstić information content (AvgIpc) is 3.08. The highest BCUT2D eigenvalue weighted by Crippen LogP contribution is 2.30. The minimum absolute atomic E-state index is 0.00547. The van der Waals surface area contributed by atoms with E-state index >= 15 is 0 Å². The molecular weight excluding hydrogens is 292 g/mol. The Balaban J connectivity index is 2.17. The molecule has 1 amide bonds. The van der Waals surface area contributed by atoms with Gasteiger partial charge in [-0.15, -0.1) is 0 Å². The van der Waals surface area contributed by atoms with Gasteiger partial charge in [0.2, 0.25) is 0 Å². The lowest BCUT2D eigenvalue weighted by molar-refractivity contribution is 0.0753. The van der Waals surface area contributed by atoms with Gasteiger partial charge in [0.05, 0.1) is 0 Å². The standard InChI is InChI=1S/C13H22N4OS2/c1-4-17(5-2)13-15-11(14)10(20-13)12(18)16(3)9-6-7-19-8-9/h9H,4-8,14H2,1-3H3. The van der Waals surface area contributed by atoms with Gasteiger partial charge in [-0.3, -0.25) is 4.79 Å². The van der Waals surface area contributed by atoms with Crippen molar-refractivity contribution < 1.29 is 4.79 Å². The van der Waals surface area contributed by atoms with Crippen molar-refractivity contribution >= 4 is 40.0 Å². The van der Waals surface area contributed by atoms with Gasteiger partial charge < -0.3 is 15.5 Å². The molecule has 112 valence electrons. The molecule has 2 rings (SSSR count). The molecule has 0 radical (unpaired) electrons. The molecule has 7 heteroatoms. The molecule has 5 nitrogen and oxygen atoms in total. The number of nitrogens with zero attached hydrogens (tertiary/aromatic N) is 3. The summed E-state index contributed by atoms with van der Waals surface area (Å²) < 4.78 is 0. The minimum atomic E-state index is 0.00547. The monoisotopic (exact) mass is 314 g/mol. The van der Waals surface area contributed by atoms with E-state index in [0.717, 1.165) is 36.1 Å². The van der Waals surface area contributed by atoms with E-state index in [1.165, 1.54) is 11.3 Å². The number of anilines is 2. The number of rotatable bonds is 5. The Morgan fingerprint density at radius 3 is 2.70 bits per heavy atom. The van der Waals surface area contributed by atoms with Gasteiger partial charge in [-0.25, -0.2) is 4.98 Å². The second kappa shape index (κ2) is 6.67.